The van der Waals surface area contributed by atoms with Gasteiger partial charge in [0, 0.05) is 5.38 Å². The smallest absolute Gasteiger partial charge is 0.133 e. The van der Waals surface area contributed by atoms with Gasteiger partial charge < -0.3 is 5.73 Å². The van der Waals surface area contributed by atoms with E-state index in [0.29, 0.717) is 0 Å². The number of hydrogen-bond donors (Lipinski definition) is 1. The van der Waals surface area contributed by atoms with Crippen LogP contribution in [0.4, 0.5) is 0 Å². The lowest BCUT2D eigenvalue weighted by Crippen LogP contribution is -1.97. The van der Waals surface area contributed by atoms with Crippen LogP contribution in [-0.2, 0) is 0 Å². The highest BCUT2D eigenvalue weighted by molar-refractivity contribution is 8.02. The number of hydrogen-bond acceptors (Lipinski definition) is 5. The van der Waals surface area contributed by atoms with Crippen molar-refractivity contribution >= 4 is 23.3 Å². The molecule has 5 heteroatoms. The van der Waals surface area contributed by atoms with Crippen molar-refractivity contribution in [2.75, 3.05) is 0 Å². The van der Waals surface area contributed by atoms with Gasteiger partial charge in [-0.15, -0.1) is 5.10 Å². The number of aromatic nitrogens is 2. The number of nitrogens with zero attached hydrogens (tertiary/aromatic N) is 2. The van der Waals surface area contributed by atoms with E-state index in [2.05, 4.69) is 9.59 Å². The summed E-state index contributed by atoms with van der Waals surface area (Å²) in [6.45, 7) is 1.84. The van der Waals surface area contributed by atoms with Gasteiger partial charge in [-0.1, -0.05) is 16.3 Å². The Kier molecular flexibility index (Phi) is 2.44. The summed E-state index contributed by atoms with van der Waals surface area (Å²) in [5.41, 5.74) is 5.40. The van der Waals surface area contributed by atoms with Crippen LogP contribution in [-0.4, -0.2) is 9.59 Å². The van der Waals surface area contributed by atoms with Gasteiger partial charge in [0.25, 0.3) is 0 Å². The predicted octanol–water partition coefficient (Wildman–Crippen LogP) is 1.10. The lowest BCUT2D eigenvalue weighted by Gasteiger charge is -1.95. The minimum absolute atomic E-state index is 0.794. The second-order valence-corrected chi connectivity index (χ2v) is 3.33. The fourth-order valence-corrected chi connectivity index (χ4v) is 1.47. The number of thioether (sulfide) groups is 1. The predicted molar refractivity (Wildman–Crippen MR) is 38.9 cm³/mol. The molecule has 0 aliphatic rings. The molecule has 1 heterocycles. The van der Waals surface area contributed by atoms with Gasteiger partial charge in [0.2, 0.25) is 0 Å². The Morgan fingerprint density at radius 1 is 1.89 bits per heavy atom. The van der Waals surface area contributed by atoms with Crippen LogP contribution in [0.5, 0.6) is 0 Å². The third-order valence-electron chi connectivity index (χ3n) is 0.606. The molecular weight excluding hydrogens is 154 g/mol. The molecule has 0 spiro atoms. The highest BCUT2D eigenvalue weighted by atomic mass is 32.2. The first-order chi connectivity index (χ1) is 4.29. The minimum Gasteiger partial charge on any atom is -0.314 e. The summed E-state index contributed by atoms with van der Waals surface area (Å²) in [6.07, 6.45) is 0. The monoisotopic (exact) mass is 160 g/mol. The second-order valence-electron chi connectivity index (χ2n) is 1.46. The van der Waals surface area contributed by atoms with Crippen molar-refractivity contribution in [3.63, 3.8) is 0 Å². The fourth-order valence-electron chi connectivity index (χ4n) is 0.365. The van der Waals surface area contributed by atoms with Gasteiger partial charge in [-0.2, -0.15) is 0 Å². The van der Waals surface area contributed by atoms with Gasteiger partial charge in [-0.3, -0.25) is 0 Å². The molecule has 9 heavy (non-hydrogen) atoms. The van der Waals surface area contributed by atoms with Gasteiger partial charge in [-0.25, -0.2) is 0 Å². The van der Waals surface area contributed by atoms with Crippen molar-refractivity contribution < 1.29 is 0 Å². The zero-order chi connectivity index (χ0) is 6.69. The Labute approximate surface area is 61.8 Å². The van der Waals surface area contributed by atoms with Crippen LogP contribution in [0.15, 0.2) is 10.4 Å². The third kappa shape index (κ3) is 2.30. The van der Waals surface area contributed by atoms with Gasteiger partial charge in [-0.05, 0) is 18.5 Å². The van der Waals surface area contributed by atoms with Crippen LogP contribution < -0.4 is 5.73 Å². The molecule has 0 saturated carbocycles. The van der Waals surface area contributed by atoms with Gasteiger partial charge in [0.15, 0.2) is 0 Å². The zero-order valence-electron chi connectivity index (χ0n) is 4.87. The molecule has 1 aromatic rings. The van der Waals surface area contributed by atoms with Crippen LogP contribution >= 0.6 is 23.3 Å². The van der Waals surface area contributed by atoms with Crippen molar-refractivity contribution in [1.82, 2.24) is 9.59 Å². The summed E-state index contributed by atoms with van der Waals surface area (Å²) >= 11 is 2.77. The standard InChI is InChI=1S/C4H6N3S2/c1-3(5)9-4-2-8-7-6-4/h2H,5H2,1H3. The Bertz CT molecular complexity index is 160. The summed E-state index contributed by atoms with van der Waals surface area (Å²) in [6, 6.07) is 0. The summed E-state index contributed by atoms with van der Waals surface area (Å²) in [5.74, 6) is 0. The van der Waals surface area contributed by atoms with E-state index in [0.717, 1.165) is 10.4 Å². The van der Waals surface area contributed by atoms with E-state index < -0.39 is 0 Å². The first kappa shape index (κ1) is 6.98. The molecule has 49 valence electrons. The third-order valence-corrected chi connectivity index (χ3v) is 1.99. The molecule has 2 N–H and O–H groups in total. The molecule has 0 bridgehead atoms. The van der Waals surface area contributed by atoms with Gasteiger partial charge in [0.05, 0.1) is 5.37 Å². The van der Waals surface area contributed by atoms with Gasteiger partial charge in [0.1, 0.15) is 5.03 Å². The summed E-state index contributed by atoms with van der Waals surface area (Å²) < 4.78 is 3.68. The molecule has 0 aliphatic carbocycles. The Hall–Kier alpha value is -0.130. The van der Waals surface area contributed by atoms with E-state index in [9.17, 15) is 0 Å². The molecule has 0 aliphatic heterocycles. The Morgan fingerprint density at radius 2 is 2.67 bits per heavy atom. The topological polar surface area (TPSA) is 51.8 Å². The van der Waals surface area contributed by atoms with E-state index in [-0.39, 0.29) is 0 Å². The fraction of sp³-hybridized carbons (Fsp3) is 0.250. The van der Waals surface area contributed by atoms with Crippen molar-refractivity contribution in [3.8, 4) is 0 Å². The largest absolute Gasteiger partial charge is 0.314 e. The first-order valence-electron chi connectivity index (χ1n) is 2.33. The zero-order valence-corrected chi connectivity index (χ0v) is 6.50. The highest BCUT2D eigenvalue weighted by Gasteiger charge is 2.00. The summed E-state index contributed by atoms with van der Waals surface area (Å²) in [5, 5.41) is 7.32. The van der Waals surface area contributed by atoms with Gasteiger partial charge >= 0.3 is 0 Å². The van der Waals surface area contributed by atoms with Crippen molar-refractivity contribution in [3.05, 3.63) is 10.8 Å². The SMILES string of the molecule is C[C](N)Sc1csnn1. The van der Waals surface area contributed by atoms with Crippen molar-refractivity contribution in [2.45, 2.75) is 11.9 Å². The first-order valence-corrected chi connectivity index (χ1v) is 3.98. The lowest BCUT2D eigenvalue weighted by molar-refractivity contribution is 1.03. The number of nitrogens with two attached hydrogens (primary N) is 1. The van der Waals surface area contributed by atoms with Crippen LogP contribution in [0.2, 0.25) is 0 Å². The van der Waals surface area contributed by atoms with E-state index in [1.165, 1.54) is 23.3 Å². The normalized spacial score (nSPS) is 10.6. The molecule has 0 aromatic carbocycles. The average molecular weight is 160 g/mol. The molecule has 1 rings (SSSR count). The number of rotatable bonds is 2. The average Bonchev–Trinajstić information content (AvgIpc) is 2.15. The van der Waals surface area contributed by atoms with Crippen molar-refractivity contribution in [1.29, 1.82) is 0 Å². The molecule has 0 amide bonds. The summed E-state index contributed by atoms with van der Waals surface area (Å²) in [4.78, 5) is 0. The second kappa shape index (κ2) is 3.14. The van der Waals surface area contributed by atoms with Crippen molar-refractivity contribution in [2.24, 2.45) is 5.73 Å². The van der Waals surface area contributed by atoms with E-state index in [4.69, 9.17) is 5.73 Å². The Morgan fingerprint density at radius 3 is 3.11 bits per heavy atom. The van der Waals surface area contributed by atoms with Crippen LogP contribution in [0.25, 0.3) is 0 Å². The van der Waals surface area contributed by atoms with Crippen LogP contribution in [0.3, 0.4) is 0 Å². The van der Waals surface area contributed by atoms with E-state index >= 15 is 0 Å². The maximum absolute atomic E-state index is 5.40. The van der Waals surface area contributed by atoms with E-state index in [1.54, 1.807) is 0 Å². The highest BCUT2D eigenvalue weighted by Crippen LogP contribution is 2.22. The molecular formula is C4H6N3S2. The maximum atomic E-state index is 5.40. The molecule has 1 radical (unpaired) electrons. The quantitative estimate of drug-likeness (QED) is 0.658. The maximum Gasteiger partial charge on any atom is 0.133 e. The minimum atomic E-state index is 0.794. The van der Waals surface area contributed by atoms with Crippen LogP contribution in [0, 0.1) is 5.37 Å². The molecule has 3 nitrogen and oxygen atoms in total. The summed E-state index contributed by atoms with van der Waals surface area (Å²) in [7, 11) is 0. The molecule has 1 aromatic heterocycles. The molecule has 0 atom stereocenters. The van der Waals surface area contributed by atoms with Crippen LogP contribution in [0.1, 0.15) is 6.92 Å². The lowest BCUT2D eigenvalue weighted by atomic mass is 10.8. The molecule has 0 saturated heterocycles. The molecule has 0 unspecified atom stereocenters. The molecule has 0 fully saturated rings. The Balaban J connectivity index is 2.48. The van der Waals surface area contributed by atoms with E-state index in [1.807, 2.05) is 12.3 Å².